The average Bonchev–Trinajstić information content (AvgIpc) is 2.18. The summed E-state index contributed by atoms with van der Waals surface area (Å²) in [5.41, 5.74) is 0.842. The molecule has 76 valence electrons. The van der Waals surface area contributed by atoms with Crippen LogP contribution in [0.15, 0.2) is 18.2 Å². The largest absolute Gasteiger partial charge is 0.378 e. The molecular formula is C10H11ClFNO. The molecule has 1 aromatic rings. The van der Waals surface area contributed by atoms with E-state index in [-0.39, 0.29) is 11.9 Å². The van der Waals surface area contributed by atoms with Gasteiger partial charge in [-0.1, -0.05) is 11.6 Å². The number of nitrogens with one attached hydrogen (secondary N) is 1. The molecule has 1 aliphatic heterocycles. The fraction of sp³-hybridized carbons (Fsp3) is 0.400. The molecular weight excluding hydrogens is 205 g/mol. The Morgan fingerprint density at radius 3 is 2.93 bits per heavy atom. The van der Waals surface area contributed by atoms with Crippen LogP contribution in [0.1, 0.15) is 11.6 Å². The molecule has 0 aliphatic carbocycles. The van der Waals surface area contributed by atoms with E-state index in [0.29, 0.717) is 18.2 Å². The van der Waals surface area contributed by atoms with Crippen LogP contribution in [0, 0.1) is 5.82 Å². The Morgan fingerprint density at radius 2 is 2.29 bits per heavy atom. The lowest BCUT2D eigenvalue weighted by Gasteiger charge is -2.24. The van der Waals surface area contributed by atoms with Gasteiger partial charge in [-0.2, -0.15) is 0 Å². The van der Waals surface area contributed by atoms with Gasteiger partial charge in [-0.05, 0) is 23.8 Å². The third-order valence-electron chi connectivity index (χ3n) is 2.21. The maximum absolute atomic E-state index is 13.0. The molecule has 1 aromatic carbocycles. The fourth-order valence-electron chi connectivity index (χ4n) is 1.56. The van der Waals surface area contributed by atoms with Gasteiger partial charge in [0.2, 0.25) is 0 Å². The number of halogens is 2. The lowest BCUT2D eigenvalue weighted by Crippen LogP contribution is -2.34. The van der Waals surface area contributed by atoms with E-state index in [1.54, 1.807) is 6.07 Å². The highest BCUT2D eigenvalue weighted by atomic mass is 35.5. The topological polar surface area (TPSA) is 21.3 Å². The summed E-state index contributed by atoms with van der Waals surface area (Å²) in [7, 11) is 0. The van der Waals surface area contributed by atoms with Crippen molar-refractivity contribution in [3.05, 3.63) is 34.6 Å². The van der Waals surface area contributed by atoms with Crippen LogP contribution in [-0.4, -0.2) is 19.8 Å². The molecule has 2 nitrogen and oxygen atoms in total. The van der Waals surface area contributed by atoms with Crippen LogP contribution >= 0.6 is 11.6 Å². The van der Waals surface area contributed by atoms with Crippen LogP contribution in [-0.2, 0) is 4.74 Å². The number of ether oxygens (including phenoxy) is 1. The van der Waals surface area contributed by atoms with Crippen molar-refractivity contribution in [2.75, 3.05) is 19.8 Å². The molecule has 0 unspecified atom stereocenters. The molecule has 1 aliphatic rings. The molecule has 1 saturated heterocycles. The molecule has 1 atom stereocenters. The third-order valence-corrected chi connectivity index (χ3v) is 2.43. The molecule has 2 rings (SSSR count). The van der Waals surface area contributed by atoms with E-state index in [1.807, 2.05) is 0 Å². The van der Waals surface area contributed by atoms with Crippen LogP contribution in [0.4, 0.5) is 4.39 Å². The Kier molecular flexibility index (Phi) is 3.01. The second-order valence-corrected chi connectivity index (χ2v) is 3.72. The SMILES string of the molecule is Fc1cc(Cl)cc([C@H]2COCCN2)c1. The summed E-state index contributed by atoms with van der Waals surface area (Å²) in [6, 6.07) is 4.60. The lowest BCUT2D eigenvalue weighted by molar-refractivity contribution is 0.0768. The van der Waals surface area contributed by atoms with E-state index in [9.17, 15) is 4.39 Å². The first kappa shape index (κ1) is 9.90. The van der Waals surface area contributed by atoms with E-state index in [1.165, 1.54) is 12.1 Å². The summed E-state index contributed by atoms with van der Waals surface area (Å²) in [6.07, 6.45) is 0. The van der Waals surface area contributed by atoms with Crippen LogP contribution < -0.4 is 5.32 Å². The Hall–Kier alpha value is -0.640. The molecule has 0 aromatic heterocycles. The van der Waals surface area contributed by atoms with Gasteiger partial charge in [0, 0.05) is 11.6 Å². The summed E-state index contributed by atoms with van der Waals surface area (Å²) in [6.45, 7) is 2.07. The average molecular weight is 216 g/mol. The van der Waals surface area contributed by atoms with E-state index in [2.05, 4.69) is 5.32 Å². The van der Waals surface area contributed by atoms with Gasteiger partial charge in [0.25, 0.3) is 0 Å². The van der Waals surface area contributed by atoms with E-state index < -0.39 is 0 Å². The monoisotopic (exact) mass is 215 g/mol. The van der Waals surface area contributed by atoms with Crippen molar-refractivity contribution in [2.24, 2.45) is 0 Å². The Balaban J connectivity index is 2.21. The molecule has 0 amide bonds. The number of morpholine rings is 1. The van der Waals surface area contributed by atoms with Gasteiger partial charge in [-0.15, -0.1) is 0 Å². The van der Waals surface area contributed by atoms with Crippen molar-refractivity contribution in [3.8, 4) is 0 Å². The minimum Gasteiger partial charge on any atom is -0.378 e. The highest BCUT2D eigenvalue weighted by Gasteiger charge is 2.16. The summed E-state index contributed by atoms with van der Waals surface area (Å²) in [4.78, 5) is 0. The van der Waals surface area contributed by atoms with Crippen molar-refractivity contribution in [1.29, 1.82) is 0 Å². The summed E-state index contributed by atoms with van der Waals surface area (Å²) < 4.78 is 18.3. The molecule has 1 heterocycles. The van der Waals surface area contributed by atoms with E-state index in [0.717, 1.165) is 12.1 Å². The Labute approximate surface area is 87.0 Å². The van der Waals surface area contributed by atoms with Gasteiger partial charge >= 0.3 is 0 Å². The lowest BCUT2D eigenvalue weighted by atomic mass is 10.1. The first-order chi connectivity index (χ1) is 6.75. The Bertz CT molecular complexity index is 306. The van der Waals surface area contributed by atoms with Crippen molar-refractivity contribution in [3.63, 3.8) is 0 Å². The molecule has 0 bridgehead atoms. The van der Waals surface area contributed by atoms with Crippen molar-refractivity contribution in [2.45, 2.75) is 6.04 Å². The smallest absolute Gasteiger partial charge is 0.125 e. The maximum atomic E-state index is 13.0. The molecule has 4 heteroatoms. The van der Waals surface area contributed by atoms with Gasteiger partial charge in [-0.25, -0.2) is 4.39 Å². The molecule has 1 N–H and O–H groups in total. The van der Waals surface area contributed by atoms with Gasteiger partial charge in [0.05, 0.1) is 19.3 Å². The van der Waals surface area contributed by atoms with Crippen molar-refractivity contribution >= 4 is 11.6 Å². The number of hydrogen-bond acceptors (Lipinski definition) is 2. The summed E-state index contributed by atoms with van der Waals surface area (Å²) >= 11 is 5.76. The fourth-order valence-corrected chi connectivity index (χ4v) is 1.79. The van der Waals surface area contributed by atoms with Crippen LogP contribution in [0.3, 0.4) is 0 Å². The molecule has 0 spiro atoms. The first-order valence-corrected chi connectivity index (χ1v) is 4.90. The zero-order valence-electron chi connectivity index (χ0n) is 7.59. The maximum Gasteiger partial charge on any atom is 0.125 e. The van der Waals surface area contributed by atoms with E-state index in [4.69, 9.17) is 16.3 Å². The molecule has 14 heavy (non-hydrogen) atoms. The second-order valence-electron chi connectivity index (χ2n) is 3.28. The molecule has 1 fully saturated rings. The van der Waals surface area contributed by atoms with Gasteiger partial charge in [-0.3, -0.25) is 0 Å². The zero-order chi connectivity index (χ0) is 9.97. The Morgan fingerprint density at radius 1 is 1.43 bits per heavy atom. The minimum atomic E-state index is -0.306. The highest BCUT2D eigenvalue weighted by Crippen LogP contribution is 2.21. The summed E-state index contributed by atoms with van der Waals surface area (Å²) in [5, 5.41) is 3.66. The van der Waals surface area contributed by atoms with E-state index >= 15 is 0 Å². The first-order valence-electron chi connectivity index (χ1n) is 4.53. The quantitative estimate of drug-likeness (QED) is 0.775. The van der Waals surface area contributed by atoms with Gasteiger partial charge < -0.3 is 10.1 Å². The number of rotatable bonds is 1. The predicted molar refractivity (Wildman–Crippen MR) is 53.0 cm³/mol. The summed E-state index contributed by atoms with van der Waals surface area (Å²) in [5.74, 6) is -0.306. The van der Waals surface area contributed by atoms with Crippen molar-refractivity contribution in [1.82, 2.24) is 5.32 Å². The van der Waals surface area contributed by atoms with Crippen molar-refractivity contribution < 1.29 is 9.13 Å². The highest BCUT2D eigenvalue weighted by molar-refractivity contribution is 6.30. The number of benzene rings is 1. The minimum absolute atomic E-state index is 0.0527. The second kappa shape index (κ2) is 4.26. The zero-order valence-corrected chi connectivity index (χ0v) is 8.35. The third kappa shape index (κ3) is 2.23. The standard InChI is InChI=1S/C10H11ClFNO/c11-8-3-7(4-9(12)5-8)10-6-14-2-1-13-10/h3-5,10,13H,1-2,6H2/t10-/m1/s1. The molecule has 0 saturated carbocycles. The van der Waals surface area contributed by atoms with Gasteiger partial charge in [0.1, 0.15) is 5.82 Å². The number of hydrogen-bond donors (Lipinski definition) is 1. The van der Waals surface area contributed by atoms with Gasteiger partial charge in [0.15, 0.2) is 0 Å². The van der Waals surface area contributed by atoms with Crippen LogP contribution in [0.25, 0.3) is 0 Å². The van der Waals surface area contributed by atoms with Crippen LogP contribution in [0.2, 0.25) is 5.02 Å². The normalized spacial score (nSPS) is 22.3. The molecule has 0 radical (unpaired) electrons. The van der Waals surface area contributed by atoms with Crippen LogP contribution in [0.5, 0.6) is 0 Å². The predicted octanol–water partition coefficient (Wildman–Crippen LogP) is 2.14.